The van der Waals surface area contributed by atoms with Crippen LogP contribution < -0.4 is 0 Å². The Hall–Kier alpha value is -1.03. The van der Waals surface area contributed by atoms with Gasteiger partial charge in [0.05, 0.1) is 12.5 Å². The molecule has 0 unspecified atom stereocenters. The van der Waals surface area contributed by atoms with E-state index in [-0.39, 0.29) is 5.76 Å². The summed E-state index contributed by atoms with van der Waals surface area (Å²) in [6.07, 6.45) is 6.75. The second-order valence-electron chi connectivity index (χ2n) is 1.92. The maximum atomic E-state index is 10.3. The van der Waals surface area contributed by atoms with Crippen LogP contribution in [0.2, 0.25) is 0 Å². The van der Waals surface area contributed by atoms with Crippen LogP contribution in [0, 0.1) is 0 Å². The first-order chi connectivity index (χ1) is 5.58. The summed E-state index contributed by atoms with van der Waals surface area (Å²) >= 11 is 0. The van der Waals surface area contributed by atoms with E-state index < -0.39 is 7.82 Å². The van der Waals surface area contributed by atoms with Crippen LogP contribution in [0.4, 0.5) is 0 Å². The van der Waals surface area contributed by atoms with Crippen LogP contribution >= 0.6 is 7.82 Å². The van der Waals surface area contributed by atoms with E-state index in [0.29, 0.717) is 0 Å². The van der Waals surface area contributed by atoms with Gasteiger partial charge in [-0.1, -0.05) is 0 Å². The first-order valence-corrected chi connectivity index (χ1v) is 4.55. The Balaban J connectivity index is 2.69. The summed E-state index contributed by atoms with van der Waals surface area (Å²) in [6.45, 7) is 0. The minimum absolute atomic E-state index is 0.0529. The molecular weight excluding hydrogens is 183 g/mol. The van der Waals surface area contributed by atoms with Gasteiger partial charge in [-0.25, -0.2) is 4.57 Å². The summed E-state index contributed by atoms with van der Waals surface area (Å²) in [5.74, 6) is 0.0529. The third-order valence-corrected chi connectivity index (χ3v) is 1.40. The van der Waals surface area contributed by atoms with Gasteiger partial charge in [-0.2, -0.15) is 0 Å². The van der Waals surface area contributed by atoms with Crippen LogP contribution in [0.25, 0.3) is 0 Å². The van der Waals surface area contributed by atoms with Crippen molar-refractivity contribution in [2.75, 3.05) is 0 Å². The van der Waals surface area contributed by atoms with Gasteiger partial charge in [-0.15, -0.1) is 0 Å². The molecule has 0 aromatic rings. The molecule has 0 fully saturated rings. The smallest absolute Gasteiger partial charge is 0.472 e. The molecule has 66 valence electrons. The molecule has 0 saturated heterocycles. The van der Waals surface area contributed by atoms with E-state index in [9.17, 15) is 4.57 Å². The topological polar surface area (TPSA) is 76.0 Å². The summed E-state index contributed by atoms with van der Waals surface area (Å²) in [7, 11) is -4.46. The van der Waals surface area contributed by atoms with Crippen molar-refractivity contribution < 1.29 is 23.6 Å². The van der Waals surface area contributed by atoms with E-state index in [4.69, 9.17) is 14.5 Å². The average Bonchev–Trinajstić information content (AvgIpc) is 2.12. The highest BCUT2D eigenvalue weighted by Crippen LogP contribution is 2.39. The molecule has 5 nitrogen and oxygen atoms in total. The molecule has 1 heterocycles. The van der Waals surface area contributed by atoms with E-state index in [0.717, 1.165) is 0 Å². The SMILES string of the molecule is O=P(O)(O)OC1=CC=COC=C1. The molecule has 0 spiro atoms. The Morgan fingerprint density at radius 2 is 2.17 bits per heavy atom. The van der Waals surface area contributed by atoms with Gasteiger partial charge >= 0.3 is 7.82 Å². The lowest BCUT2D eigenvalue weighted by Crippen LogP contribution is -1.86. The van der Waals surface area contributed by atoms with Crippen molar-refractivity contribution in [2.24, 2.45) is 0 Å². The van der Waals surface area contributed by atoms with Crippen molar-refractivity contribution in [3.63, 3.8) is 0 Å². The molecule has 6 heteroatoms. The number of ether oxygens (including phenoxy) is 1. The molecule has 1 rings (SSSR count). The number of hydrogen-bond acceptors (Lipinski definition) is 3. The van der Waals surface area contributed by atoms with E-state index in [1.54, 1.807) is 0 Å². The third kappa shape index (κ3) is 3.39. The molecule has 0 amide bonds. The molecular formula is C6H7O5P. The van der Waals surface area contributed by atoms with Crippen LogP contribution in [0.3, 0.4) is 0 Å². The third-order valence-electron chi connectivity index (χ3n) is 0.953. The van der Waals surface area contributed by atoms with Crippen LogP contribution in [0.1, 0.15) is 0 Å². The molecule has 1 aliphatic rings. The minimum atomic E-state index is -4.46. The predicted octanol–water partition coefficient (Wildman–Crippen LogP) is 1.04. The highest BCUT2D eigenvalue weighted by Gasteiger charge is 2.16. The number of hydrogen-bond donors (Lipinski definition) is 2. The average molecular weight is 190 g/mol. The Morgan fingerprint density at radius 1 is 1.42 bits per heavy atom. The predicted molar refractivity (Wildman–Crippen MR) is 40.6 cm³/mol. The molecule has 2 N–H and O–H groups in total. The lowest BCUT2D eigenvalue weighted by atomic mass is 10.4. The Kier molecular flexibility index (Phi) is 2.70. The van der Waals surface area contributed by atoms with Crippen LogP contribution in [0.5, 0.6) is 0 Å². The van der Waals surface area contributed by atoms with Crippen LogP contribution in [0.15, 0.2) is 36.5 Å². The lowest BCUT2D eigenvalue weighted by Gasteiger charge is -2.05. The van der Waals surface area contributed by atoms with Crippen molar-refractivity contribution in [1.29, 1.82) is 0 Å². The summed E-state index contributed by atoms with van der Waals surface area (Å²) in [4.78, 5) is 16.8. The summed E-state index contributed by atoms with van der Waals surface area (Å²) < 4.78 is 19.3. The zero-order chi connectivity index (χ0) is 9.03. The molecule has 1 aliphatic heterocycles. The first kappa shape index (κ1) is 9.06. The van der Waals surface area contributed by atoms with Crippen LogP contribution in [-0.2, 0) is 13.8 Å². The fourth-order valence-corrected chi connectivity index (χ4v) is 0.981. The molecule has 0 aromatic heterocycles. The number of phosphoric ester groups is 1. The molecule has 0 saturated carbocycles. The summed E-state index contributed by atoms with van der Waals surface area (Å²) in [5.41, 5.74) is 0. The van der Waals surface area contributed by atoms with Gasteiger partial charge in [0, 0.05) is 6.08 Å². The van der Waals surface area contributed by atoms with E-state index >= 15 is 0 Å². The Labute approximate surface area is 68.9 Å². The Morgan fingerprint density at radius 3 is 2.83 bits per heavy atom. The maximum Gasteiger partial charge on any atom is 0.524 e. The zero-order valence-corrected chi connectivity index (χ0v) is 6.85. The van der Waals surface area contributed by atoms with Gasteiger partial charge in [-0.3, -0.25) is 9.79 Å². The van der Waals surface area contributed by atoms with Crippen molar-refractivity contribution in [1.82, 2.24) is 0 Å². The van der Waals surface area contributed by atoms with Gasteiger partial charge < -0.3 is 9.26 Å². The monoisotopic (exact) mass is 190 g/mol. The van der Waals surface area contributed by atoms with Crippen molar-refractivity contribution in [3.8, 4) is 0 Å². The van der Waals surface area contributed by atoms with E-state index in [1.807, 2.05) is 0 Å². The highest BCUT2D eigenvalue weighted by atomic mass is 31.2. The van der Waals surface area contributed by atoms with Gasteiger partial charge in [-0.05, 0) is 12.2 Å². The number of allylic oxidation sites excluding steroid dienone is 3. The van der Waals surface area contributed by atoms with Crippen molar-refractivity contribution in [2.45, 2.75) is 0 Å². The van der Waals surface area contributed by atoms with Gasteiger partial charge in [0.2, 0.25) is 0 Å². The number of phosphoric acid groups is 1. The molecule has 12 heavy (non-hydrogen) atoms. The standard InChI is InChI=1S/C6H7O5P/c7-12(8,9)11-6-2-1-4-10-5-3-6/h1-5H,(H2,7,8,9). The highest BCUT2D eigenvalue weighted by molar-refractivity contribution is 7.46. The van der Waals surface area contributed by atoms with Crippen molar-refractivity contribution in [3.05, 3.63) is 36.5 Å². The summed E-state index contributed by atoms with van der Waals surface area (Å²) in [6, 6.07) is 0. The van der Waals surface area contributed by atoms with Gasteiger partial charge in [0.15, 0.2) is 0 Å². The van der Waals surface area contributed by atoms with Crippen molar-refractivity contribution >= 4 is 7.82 Å². The van der Waals surface area contributed by atoms with Crippen LogP contribution in [-0.4, -0.2) is 9.79 Å². The largest absolute Gasteiger partial charge is 0.524 e. The second-order valence-corrected chi connectivity index (χ2v) is 3.08. The Bertz CT molecular complexity index is 284. The van der Waals surface area contributed by atoms with Gasteiger partial charge in [0.25, 0.3) is 0 Å². The van der Waals surface area contributed by atoms with Gasteiger partial charge in [0.1, 0.15) is 5.76 Å². The zero-order valence-electron chi connectivity index (χ0n) is 5.95. The molecule has 0 bridgehead atoms. The molecule has 0 atom stereocenters. The van der Waals surface area contributed by atoms with E-state index in [2.05, 4.69) is 4.52 Å². The molecule has 0 radical (unpaired) electrons. The molecule has 0 aromatic carbocycles. The quantitative estimate of drug-likeness (QED) is 0.636. The summed E-state index contributed by atoms with van der Waals surface area (Å²) in [5, 5.41) is 0. The fourth-order valence-electron chi connectivity index (χ4n) is 0.585. The number of rotatable bonds is 2. The molecule has 0 aliphatic carbocycles. The normalized spacial score (nSPS) is 16.3. The maximum absolute atomic E-state index is 10.3. The lowest BCUT2D eigenvalue weighted by molar-refractivity contribution is 0.247. The van der Waals surface area contributed by atoms with E-state index in [1.165, 1.54) is 30.8 Å². The second kappa shape index (κ2) is 3.58. The first-order valence-electron chi connectivity index (χ1n) is 3.02. The minimum Gasteiger partial charge on any atom is -0.472 e. The fraction of sp³-hybridized carbons (Fsp3) is 0.